The van der Waals surface area contributed by atoms with Gasteiger partial charge in [-0.15, -0.1) is 0 Å². The van der Waals surface area contributed by atoms with Crippen LogP contribution < -0.4 is 0 Å². The van der Waals surface area contributed by atoms with E-state index in [1.54, 1.807) is 32.5 Å². The molecule has 0 saturated carbocycles. The van der Waals surface area contributed by atoms with Gasteiger partial charge in [-0.1, -0.05) is 0 Å². The van der Waals surface area contributed by atoms with E-state index in [0.717, 1.165) is 11.5 Å². The van der Waals surface area contributed by atoms with E-state index in [-0.39, 0.29) is 13.1 Å². The van der Waals surface area contributed by atoms with Crippen LogP contribution in [0.1, 0.15) is 33.6 Å². The first-order valence-electron chi connectivity index (χ1n) is 7.11. The number of carbonyl (C=O) groups is 2. The number of aliphatic carboxylic acids is 1. The summed E-state index contributed by atoms with van der Waals surface area (Å²) >= 11 is 1.72. The molecule has 0 atom stereocenters. The molecule has 7 heteroatoms. The molecule has 2 heterocycles. The zero-order valence-electron chi connectivity index (χ0n) is 12.7. The molecule has 0 aliphatic carbocycles. The molecule has 2 saturated heterocycles. The van der Waals surface area contributed by atoms with E-state index < -0.39 is 28.7 Å². The van der Waals surface area contributed by atoms with E-state index in [9.17, 15) is 19.8 Å². The lowest BCUT2D eigenvalue weighted by Crippen LogP contribution is -2.72. The van der Waals surface area contributed by atoms with Crippen molar-refractivity contribution in [2.45, 2.75) is 44.8 Å². The lowest BCUT2D eigenvalue weighted by atomic mass is 9.63. The highest BCUT2D eigenvalue weighted by Gasteiger charge is 2.64. The Bertz CT molecular complexity index is 433. The second-order valence-electron chi connectivity index (χ2n) is 6.87. The van der Waals surface area contributed by atoms with Gasteiger partial charge in [-0.25, -0.2) is 4.79 Å². The molecule has 0 aromatic rings. The molecule has 0 bridgehead atoms. The van der Waals surface area contributed by atoms with Crippen LogP contribution in [-0.4, -0.2) is 63.0 Å². The van der Waals surface area contributed by atoms with Crippen molar-refractivity contribution in [2.75, 3.05) is 24.6 Å². The Hall–Kier alpha value is -0.950. The van der Waals surface area contributed by atoms with Gasteiger partial charge >= 0.3 is 12.1 Å². The standard InChI is InChI=1S/C14H23NO5S/c1-12(2,3)20-11(18)15-8-13(9-15,10(16)17)14(19)4-6-21-7-5-14/h19H,4-9H2,1-3H3,(H,16,17). The molecule has 120 valence electrons. The van der Waals surface area contributed by atoms with Gasteiger partial charge in [0.15, 0.2) is 0 Å². The van der Waals surface area contributed by atoms with Crippen LogP contribution in [0.25, 0.3) is 0 Å². The van der Waals surface area contributed by atoms with Crippen LogP contribution in [0, 0.1) is 5.41 Å². The molecule has 0 radical (unpaired) electrons. The average Bonchev–Trinajstić information content (AvgIpc) is 2.24. The van der Waals surface area contributed by atoms with Gasteiger partial charge in [0, 0.05) is 13.1 Å². The van der Waals surface area contributed by atoms with E-state index in [1.807, 2.05) is 0 Å². The van der Waals surface area contributed by atoms with Crippen LogP contribution in [0.3, 0.4) is 0 Å². The van der Waals surface area contributed by atoms with Gasteiger partial charge in [-0.2, -0.15) is 11.8 Å². The summed E-state index contributed by atoms with van der Waals surface area (Å²) in [5.74, 6) is 0.465. The number of amides is 1. The molecular formula is C14H23NO5S. The van der Waals surface area contributed by atoms with Gasteiger partial charge in [0.25, 0.3) is 0 Å². The maximum absolute atomic E-state index is 12.0. The Morgan fingerprint density at radius 3 is 2.14 bits per heavy atom. The third-order valence-electron chi connectivity index (χ3n) is 4.19. The monoisotopic (exact) mass is 317 g/mol. The van der Waals surface area contributed by atoms with Crippen molar-refractivity contribution in [1.82, 2.24) is 4.90 Å². The highest BCUT2D eigenvalue weighted by Crippen LogP contribution is 2.48. The molecule has 2 fully saturated rings. The second kappa shape index (κ2) is 5.35. The number of thioether (sulfide) groups is 1. The van der Waals surface area contributed by atoms with Crippen molar-refractivity contribution in [2.24, 2.45) is 5.41 Å². The fraction of sp³-hybridized carbons (Fsp3) is 0.857. The number of ether oxygens (including phenoxy) is 1. The van der Waals surface area contributed by atoms with E-state index in [2.05, 4.69) is 0 Å². The molecule has 6 nitrogen and oxygen atoms in total. The summed E-state index contributed by atoms with van der Waals surface area (Å²) in [6.07, 6.45) is 0.381. The Labute approximate surface area is 128 Å². The SMILES string of the molecule is CC(C)(C)OC(=O)N1CC(C(=O)O)(C2(O)CCSCC2)C1. The van der Waals surface area contributed by atoms with Crippen LogP contribution in [0.2, 0.25) is 0 Å². The molecule has 0 aromatic carbocycles. The summed E-state index contributed by atoms with van der Waals surface area (Å²) in [6, 6.07) is 0. The molecule has 0 unspecified atom stereocenters. The summed E-state index contributed by atoms with van der Waals surface area (Å²) in [6.45, 7) is 5.32. The largest absolute Gasteiger partial charge is 0.481 e. The van der Waals surface area contributed by atoms with Gasteiger partial charge in [-0.3, -0.25) is 4.79 Å². The number of carboxylic acid groups (broad SMARTS) is 1. The lowest BCUT2D eigenvalue weighted by Gasteiger charge is -2.55. The fourth-order valence-electron chi connectivity index (χ4n) is 2.88. The normalized spacial score (nSPS) is 24.1. The molecule has 1 amide bonds. The zero-order chi connectivity index (χ0) is 15.9. The smallest absolute Gasteiger partial charge is 0.410 e. The van der Waals surface area contributed by atoms with E-state index in [0.29, 0.717) is 12.8 Å². The van der Waals surface area contributed by atoms with Crippen LogP contribution in [0.4, 0.5) is 4.79 Å². The topological polar surface area (TPSA) is 87.1 Å². The van der Waals surface area contributed by atoms with Gasteiger partial charge in [0.2, 0.25) is 0 Å². The van der Waals surface area contributed by atoms with Gasteiger partial charge < -0.3 is 19.8 Å². The zero-order valence-corrected chi connectivity index (χ0v) is 13.5. The number of carboxylic acids is 1. The molecule has 21 heavy (non-hydrogen) atoms. The van der Waals surface area contributed by atoms with Gasteiger partial charge in [-0.05, 0) is 45.1 Å². The van der Waals surface area contributed by atoms with Crippen molar-refractivity contribution in [3.63, 3.8) is 0 Å². The van der Waals surface area contributed by atoms with Crippen molar-refractivity contribution in [3.05, 3.63) is 0 Å². The van der Waals surface area contributed by atoms with E-state index in [1.165, 1.54) is 4.90 Å². The minimum absolute atomic E-state index is 0.0123. The maximum atomic E-state index is 12.0. The van der Waals surface area contributed by atoms with Crippen LogP contribution in [0.15, 0.2) is 0 Å². The highest BCUT2D eigenvalue weighted by molar-refractivity contribution is 7.99. The number of likely N-dealkylation sites (tertiary alicyclic amines) is 1. The molecular weight excluding hydrogens is 294 g/mol. The van der Waals surface area contributed by atoms with Crippen LogP contribution >= 0.6 is 11.8 Å². The Kier molecular flexibility index (Phi) is 4.19. The first-order chi connectivity index (χ1) is 9.60. The molecule has 2 aliphatic heterocycles. The lowest BCUT2D eigenvalue weighted by molar-refractivity contribution is -0.196. The molecule has 0 aromatic heterocycles. The average molecular weight is 317 g/mol. The summed E-state index contributed by atoms with van der Waals surface area (Å²) in [7, 11) is 0. The number of hydrogen-bond acceptors (Lipinski definition) is 5. The summed E-state index contributed by atoms with van der Waals surface area (Å²) in [4.78, 5) is 25.0. The first kappa shape index (κ1) is 16.4. The Balaban J connectivity index is 2.08. The third-order valence-corrected chi connectivity index (χ3v) is 5.18. The van der Waals surface area contributed by atoms with Crippen LogP contribution in [-0.2, 0) is 9.53 Å². The predicted octanol–water partition coefficient (Wildman–Crippen LogP) is 1.57. The van der Waals surface area contributed by atoms with Gasteiger partial charge in [0.1, 0.15) is 11.0 Å². The maximum Gasteiger partial charge on any atom is 0.410 e. The third kappa shape index (κ3) is 2.99. The highest BCUT2D eigenvalue weighted by atomic mass is 32.2. The Morgan fingerprint density at radius 2 is 1.71 bits per heavy atom. The number of hydrogen-bond donors (Lipinski definition) is 2. The first-order valence-corrected chi connectivity index (χ1v) is 8.27. The quantitative estimate of drug-likeness (QED) is 0.804. The molecule has 2 N–H and O–H groups in total. The van der Waals surface area contributed by atoms with Crippen molar-refractivity contribution in [3.8, 4) is 0 Å². The summed E-state index contributed by atoms with van der Waals surface area (Å²) in [5.41, 5.74) is -3.11. The molecule has 0 spiro atoms. The Morgan fingerprint density at radius 1 is 1.19 bits per heavy atom. The van der Waals surface area contributed by atoms with Crippen molar-refractivity contribution >= 4 is 23.8 Å². The minimum Gasteiger partial charge on any atom is -0.481 e. The number of carbonyl (C=O) groups excluding carboxylic acids is 1. The van der Waals surface area contributed by atoms with Crippen molar-refractivity contribution < 1.29 is 24.5 Å². The number of nitrogens with zero attached hydrogens (tertiary/aromatic N) is 1. The van der Waals surface area contributed by atoms with Gasteiger partial charge in [0.05, 0.1) is 5.60 Å². The minimum atomic E-state index is -1.26. The summed E-state index contributed by atoms with van der Waals surface area (Å²) in [5, 5.41) is 20.4. The number of aliphatic hydroxyl groups is 1. The predicted molar refractivity (Wildman–Crippen MR) is 79.4 cm³/mol. The van der Waals surface area contributed by atoms with E-state index in [4.69, 9.17) is 4.74 Å². The molecule has 2 aliphatic rings. The second-order valence-corrected chi connectivity index (χ2v) is 8.09. The summed E-state index contributed by atoms with van der Waals surface area (Å²) < 4.78 is 5.24. The van der Waals surface area contributed by atoms with Crippen molar-refractivity contribution in [1.29, 1.82) is 0 Å². The number of rotatable bonds is 2. The van der Waals surface area contributed by atoms with E-state index >= 15 is 0 Å². The fourth-order valence-corrected chi connectivity index (χ4v) is 4.05. The van der Waals surface area contributed by atoms with Crippen LogP contribution in [0.5, 0.6) is 0 Å². The molecule has 2 rings (SSSR count).